The van der Waals surface area contributed by atoms with Gasteiger partial charge in [0.1, 0.15) is 11.6 Å². The molecule has 114 valence electrons. The SMILES string of the molecule is ClC(Cl)(Cl)C1=N/C(=C/Cc2ccco2)NC(C(Cl)(Cl)Cl)=N1. The van der Waals surface area contributed by atoms with E-state index in [1.807, 2.05) is 6.07 Å². The first-order chi connectivity index (χ1) is 9.66. The number of nitrogens with one attached hydrogen (secondary N) is 1. The zero-order valence-electron chi connectivity index (χ0n) is 10.1. The minimum Gasteiger partial charge on any atom is -0.469 e. The smallest absolute Gasteiger partial charge is 0.250 e. The van der Waals surface area contributed by atoms with Gasteiger partial charge in [-0.1, -0.05) is 69.6 Å². The molecule has 0 aromatic carbocycles. The van der Waals surface area contributed by atoms with E-state index in [0.29, 0.717) is 12.2 Å². The number of nitrogens with zero attached hydrogens (tertiary/aromatic N) is 2. The molecule has 2 rings (SSSR count). The Morgan fingerprint density at radius 1 is 1.10 bits per heavy atom. The van der Waals surface area contributed by atoms with Gasteiger partial charge in [0, 0.05) is 6.42 Å². The highest BCUT2D eigenvalue weighted by atomic mass is 35.6. The van der Waals surface area contributed by atoms with Gasteiger partial charge in [-0.2, -0.15) is 0 Å². The van der Waals surface area contributed by atoms with E-state index in [1.54, 1.807) is 18.4 Å². The van der Waals surface area contributed by atoms with Gasteiger partial charge < -0.3 is 9.73 Å². The largest absolute Gasteiger partial charge is 0.469 e. The second kappa shape index (κ2) is 6.57. The van der Waals surface area contributed by atoms with Crippen LogP contribution in [-0.2, 0) is 6.42 Å². The number of rotatable bonds is 2. The second-order valence-corrected chi connectivity index (χ2v) is 8.45. The fraction of sp³-hybridized carbons (Fsp3) is 0.273. The quantitative estimate of drug-likeness (QED) is 0.713. The molecule has 0 bridgehead atoms. The molecular formula is C11H7Cl6N3O. The molecule has 0 saturated carbocycles. The van der Waals surface area contributed by atoms with Crippen LogP contribution in [0.3, 0.4) is 0 Å². The first-order valence-corrected chi connectivity index (χ1v) is 7.74. The molecule has 21 heavy (non-hydrogen) atoms. The first-order valence-electron chi connectivity index (χ1n) is 5.47. The lowest BCUT2D eigenvalue weighted by Crippen LogP contribution is -2.39. The summed E-state index contributed by atoms with van der Waals surface area (Å²) in [6.07, 6.45) is 3.71. The van der Waals surface area contributed by atoms with Gasteiger partial charge in [0.15, 0.2) is 11.7 Å². The Kier molecular flexibility index (Phi) is 5.40. The average molecular weight is 410 g/mol. The number of furan rings is 1. The van der Waals surface area contributed by atoms with Gasteiger partial charge in [0.25, 0.3) is 0 Å². The summed E-state index contributed by atoms with van der Waals surface area (Å²) >= 11 is 34.7. The van der Waals surface area contributed by atoms with Gasteiger partial charge in [-0.3, -0.25) is 0 Å². The van der Waals surface area contributed by atoms with Crippen LogP contribution in [-0.4, -0.2) is 19.3 Å². The number of allylic oxidation sites excluding steroid dienone is 1. The number of hydrogen-bond donors (Lipinski definition) is 1. The van der Waals surface area contributed by atoms with Gasteiger partial charge in [-0.05, 0) is 18.2 Å². The normalized spacial score (nSPS) is 18.3. The van der Waals surface area contributed by atoms with Crippen molar-refractivity contribution in [2.45, 2.75) is 14.0 Å². The Morgan fingerprint density at radius 3 is 2.33 bits per heavy atom. The van der Waals surface area contributed by atoms with Crippen LogP contribution in [0.5, 0.6) is 0 Å². The van der Waals surface area contributed by atoms with E-state index in [-0.39, 0.29) is 11.7 Å². The molecule has 0 atom stereocenters. The number of hydrogen-bond acceptors (Lipinski definition) is 4. The Labute approximate surface area is 150 Å². The van der Waals surface area contributed by atoms with Gasteiger partial charge in [0.2, 0.25) is 7.59 Å². The van der Waals surface area contributed by atoms with Crippen molar-refractivity contribution < 1.29 is 4.42 Å². The zero-order chi connectivity index (χ0) is 15.7. The lowest BCUT2D eigenvalue weighted by molar-refractivity contribution is 0.522. The highest BCUT2D eigenvalue weighted by molar-refractivity contribution is 6.79. The van der Waals surface area contributed by atoms with Crippen molar-refractivity contribution in [3.8, 4) is 0 Å². The van der Waals surface area contributed by atoms with Crippen molar-refractivity contribution in [2.75, 3.05) is 0 Å². The fourth-order valence-electron chi connectivity index (χ4n) is 1.41. The Bertz CT molecular complexity index is 594. The summed E-state index contributed by atoms with van der Waals surface area (Å²) in [5, 5.41) is 2.77. The Balaban J connectivity index is 2.29. The molecule has 1 aliphatic heterocycles. The molecule has 0 fully saturated rings. The third-order valence-electron chi connectivity index (χ3n) is 2.29. The van der Waals surface area contributed by atoms with E-state index in [1.165, 1.54) is 0 Å². The maximum atomic E-state index is 5.80. The highest BCUT2D eigenvalue weighted by Crippen LogP contribution is 2.34. The van der Waals surface area contributed by atoms with Crippen LogP contribution < -0.4 is 5.32 Å². The molecule has 1 aromatic heterocycles. The van der Waals surface area contributed by atoms with Crippen LogP contribution in [0.1, 0.15) is 5.76 Å². The summed E-state index contributed by atoms with van der Waals surface area (Å²) in [6.45, 7) is 0. The third-order valence-corrected chi connectivity index (χ3v) is 3.33. The van der Waals surface area contributed by atoms with Crippen molar-refractivity contribution in [1.29, 1.82) is 0 Å². The minimum atomic E-state index is -1.84. The van der Waals surface area contributed by atoms with Gasteiger partial charge in [0.05, 0.1) is 6.26 Å². The van der Waals surface area contributed by atoms with Crippen molar-refractivity contribution in [3.63, 3.8) is 0 Å². The van der Waals surface area contributed by atoms with E-state index in [9.17, 15) is 0 Å². The predicted molar refractivity (Wildman–Crippen MR) is 89.1 cm³/mol. The number of aliphatic imine (C=N–C) groups is 2. The van der Waals surface area contributed by atoms with Gasteiger partial charge in [-0.15, -0.1) is 0 Å². The number of amidine groups is 2. The molecule has 4 nitrogen and oxygen atoms in total. The molecule has 0 radical (unpaired) electrons. The average Bonchev–Trinajstić information content (AvgIpc) is 2.87. The maximum absolute atomic E-state index is 5.80. The van der Waals surface area contributed by atoms with Crippen molar-refractivity contribution in [1.82, 2.24) is 5.32 Å². The predicted octanol–water partition coefficient (Wildman–Crippen LogP) is 4.80. The maximum Gasteiger partial charge on any atom is 0.250 e. The van der Waals surface area contributed by atoms with E-state index in [0.717, 1.165) is 5.76 Å². The Hall–Kier alpha value is -0.100. The van der Waals surface area contributed by atoms with E-state index in [4.69, 9.17) is 74.0 Å². The van der Waals surface area contributed by atoms with Crippen LogP contribution in [0.25, 0.3) is 0 Å². The summed E-state index contributed by atoms with van der Waals surface area (Å²) in [7, 11) is 0. The van der Waals surface area contributed by atoms with Crippen LogP contribution in [0.2, 0.25) is 0 Å². The molecule has 10 heteroatoms. The molecule has 1 aromatic rings. The van der Waals surface area contributed by atoms with Crippen molar-refractivity contribution >= 4 is 81.3 Å². The lowest BCUT2D eigenvalue weighted by Gasteiger charge is -2.23. The highest BCUT2D eigenvalue weighted by Gasteiger charge is 2.36. The molecule has 0 aliphatic carbocycles. The molecule has 0 saturated heterocycles. The van der Waals surface area contributed by atoms with Crippen LogP contribution in [0.4, 0.5) is 0 Å². The third kappa shape index (κ3) is 4.95. The van der Waals surface area contributed by atoms with Crippen LogP contribution >= 0.6 is 69.6 Å². The molecule has 1 aliphatic rings. The summed E-state index contributed by atoms with van der Waals surface area (Å²) in [5.41, 5.74) is 0. The van der Waals surface area contributed by atoms with Gasteiger partial charge in [-0.25, -0.2) is 9.98 Å². The number of alkyl halides is 6. The topological polar surface area (TPSA) is 49.9 Å². The molecule has 1 N–H and O–H groups in total. The summed E-state index contributed by atoms with van der Waals surface area (Å²) in [4.78, 5) is 8.00. The zero-order valence-corrected chi connectivity index (χ0v) is 14.6. The molecule has 2 heterocycles. The van der Waals surface area contributed by atoms with Crippen LogP contribution in [0, 0.1) is 0 Å². The van der Waals surface area contributed by atoms with Crippen molar-refractivity contribution in [2.24, 2.45) is 9.98 Å². The number of halogens is 6. The fourth-order valence-corrected chi connectivity index (χ4v) is 1.93. The van der Waals surface area contributed by atoms with E-state index >= 15 is 0 Å². The summed E-state index contributed by atoms with van der Waals surface area (Å²) < 4.78 is 1.56. The minimum absolute atomic E-state index is 0.00507. The molecular weight excluding hydrogens is 403 g/mol. The molecule has 0 amide bonds. The summed E-state index contributed by atoms with van der Waals surface area (Å²) in [5.74, 6) is 0.963. The standard InChI is InChI=1S/C11H7Cl6N3O/c12-10(13,14)8-18-7(4-3-6-2-1-5-21-6)19-9(20-8)11(15,16)17/h1-2,4-5H,3H2,(H,18,19,20). The Morgan fingerprint density at radius 2 is 1.81 bits per heavy atom. The second-order valence-electron chi connectivity index (χ2n) is 3.89. The van der Waals surface area contributed by atoms with E-state index < -0.39 is 7.59 Å². The van der Waals surface area contributed by atoms with E-state index in [2.05, 4.69) is 15.3 Å². The molecule has 0 spiro atoms. The molecule has 0 unspecified atom stereocenters. The van der Waals surface area contributed by atoms with Crippen molar-refractivity contribution in [3.05, 3.63) is 36.1 Å². The first kappa shape index (κ1) is 17.3. The van der Waals surface area contributed by atoms with Gasteiger partial charge >= 0.3 is 0 Å². The monoisotopic (exact) mass is 407 g/mol. The lowest BCUT2D eigenvalue weighted by atomic mass is 10.3. The summed E-state index contributed by atoms with van der Waals surface area (Å²) in [6, 6.07) is 3.58. The van der Waals surface area contributed by atoms with Crippen LogP contribution in [0.15, 0.2) is 44.7 Å².